The predicted molar refractivity (Wildman–Crippen MR) is 48.2 cm³/mol. The topological polar surface area (TPSA) is 30.0 Å². The average molecular weight is 158 g/mol. The highest BCUT2D eigenvalue weighted by atomic mass is 16.1. The SMILES string of the molecule is O=Cc1cccc2ncccc12.[H+]. The van der Waals surface area contributed by atoms with Crippen molar-refractivity contribution in [1.82, 2.24) is 4.98 Å². The molecule has 1 heterocycles. The minimum absolute atomic E-state index is 0. The van der Waals surface area contributed by atoms with Gasteiger partial charge in [0.25, 0.3) is 0 Å². The Hall–Kier alpha value is -1.70. The highest BCUT2D eigenvalue weighted by molar-refractivity contribution is 5.96. The third-order valence-electron chi connectivity index (χ3n) is 1.81. The Bertz CT molecular complexity index is 423. The molecule has 0 saturated carbocycles. The summed E-state index contributed by atoms with van der Waals surface area (Å²) in [6.45, 7) is 0. The van der Waals surface area contributed by atoms with E-state index < -0.39 is 0 Å². The minimum Gasteiger partial charge on any atom is -0.298 e. The summed E-state index contributed by atoms with van der Waals surface area (Å²) in [6.07, 6.45) is 2.57. The number of nitrogens with zero attached hydrogens (tertiary/aromatic N) is 1. The van der Waals surface area contributed by atoms with Crippen molar-refractivity contribution in [1.29, 1.82) is 0 Å². The lowest BCUT2D eigenvalue weighted by molar-refractivity contribution is 0.112. The molecule has 0 aliphatic rings. The normalized spacial score (nSPS) is 10.0. The van der Waals surface area contributed by atoms with E-state index in [1.54, 1.807) is 12.3 Å². The molecular formula is C10H8NO+. The van der Waals surface area contributed by atoms with Gasteiger partial charge in [-0.3, -0.25) is 9.78 Å². The van der Waals surface area contributed by atoms with Gasteiger partial charge >= 0.3 is 1.43 Å². The second-order valence-corrected chi connectivity index (χ2v) is 2.54. The molecule has 58 valence electrons. The van der Waals surface area contributed by atoms with E-state index in [4.69, 9.17) is 0 Å². The third-order valence-corrected chi connectivity index (χ3v) is 1.81. The Morgan fingerprint density at radius 1 is 1.25 bits per heavy atom. The average Bonchev–Trinajstić information content (AvgIpc) is 2.17. The number of fused-ring (bicyclic) bond motifs is 1. The molecule has 0 amide bonds. The van der Waals surface area contributed by atoms with Crippen molar-refractivity contribution < 1.29 is 6.22 Å². The lowest BCUT2D eigenvalue weighted by Crippen LogP contribution is -1.83. The van der Waals surface area contributed by atoms with E-state index in [-0.39, 0.29) is 1.43 Å². The van der Waals surface area contributed by atoms with E-state index in [0.717, 1.165) is 17.2 Å². The molecule has 2 nitrogen and oxygen atoms in total. The molecular weight excluding hydrogens is 150 g/mol. The summed E-state index contributed by atoms with van der Waals surface area (Å²) in [5.74, 6) is 0. The fourth-order valence-electron chi connectivity index (χ4n) is 1.23. The van der Waals surface area contributed by atoms with Crippen LogP contribution in [0.4, 0.5) is 0 Å². The van der Waals surface area contributed by atoms with E-state index in [1.165, 1.54) is 0 Å². The zero-order valence-electron chi connectivity index (χ0n) is 7.40. The summed E-state index contributed by atoms with van der Waals surface area (Å²) in [5, 5.41) is 0.912. The molecule has 0 fully saturated rings. The van der Waals surface area contributed by atoms with Gasteiger partial charge < -0.3 is 0 Å². The van der Waals surface area contributed by atoms with Gasteiger partial charge in [-0.1, -0.05) is 18.2 Å². The van der Waals surface area contributed by atoms with Gasteiger partial charge in [-0.2, -0.15) is 0 Å². The summed E-state index contributed by atoms with van der Waals surface area (Å²) in [5.41, 5.74) is 1.56. The van der Waals surface area contributed by atoms with Crippen molar-refractivity contribution >= 4 is 17.2 Å². The lowest BCUT2D eigenvalue weighted by atomic mass is 10.1. The Labute approximate surface area is 71.3 Å². The van der Waals surface area contributed by atoms with Gasteiger partial charge in [0, 0.05) is 17.1 Å². The first-order chi connectivity index (χ1) is 5.92. The van der Waals surface area contributed by atoms with Crippen LogP contribution in [-0.2, 0) is 0 Å². The number of rotatable bonds is 1. The number of carbonyl (C=O) groups is 1. The summed E-state index contributed by atoms with van der Waals surface area (Å²) < 4.78 is 0. The zero-order valence-corrected chi connectivity index (χ0v) is 6.40. The smallest absolute Gasteiger partial charge is 0.298 e. The third kappa shape index (κ3) is 0.975. The second-order valence-electron chi connectivity index (χ2n) is 2.54. The number of carbonyl (C=O) groups excluding carboxylic acids is 1. The molecule has 0 unspecified atom stereocenters. The van der Waals surface area contributed by atoms with E-state index >= 15 is 0 Å². The molecule has 0 bridgehead atoms. The number of pyridine rings is 1. The van der Waals surface area contributed by atoms with E-state index in [0.29, 0.717) is 5.56 Å². The number of benzene rings is 1. The van der Waals surface area contributed by atoms with Crippen molar-refractivity contribution in [2.45, 2.75) is 0 Å². The molecule has 12 heavy (non-hydrogen) atoms. The fourth-order valence-corrected chi connectivity index (χ4v) is 1.23. The zero-order chi connectivity index (χ0) is 8.39. The van der Waals surface area contributed by atoms with E-state index in [9.17, 15) is 4.79 Å². The first-order valence-corrected chi connectivity index (χ1v) is 3.71. The van der Waals surface area contributed by atoms with Gasteiger partial charge in [-0.15, -0.1) is 0 Å². The van der Waals surface area contributed by atoms with Crippen molar-refractivity contribution in [3.05, 3.63) is 42.1 Å². The first kappa shape index (κ1) is 6.98. The van der Waals surface area contributed by atoms with Gasteiger partial charge in [0.15, 0.2) is 6.29 Å². The molecule has 0 spiro atoms. The standard InChI is InChI=1S/C10H7NO/c12-7-8-3-1-5-10-9(8)4-2-6-11-10/h1-7H/p+1. The van der Waals surface area contributed by atoms with Gasteiger partial charge in [0.1, 0.15) is 0 Å². The molecule has 0 aliphatic carbocycles. The van der Waals surface area contributed by atoms with Crippen LogP contribution >= 0.6 is 0 Å². The number of hydrogen-bond donors (Lipinski definition) is 0. The lowest BCUT2D eigenvalue weighted by Gasteiger charge is -1.97. The Kier molecular flexibility index (Phi) is 1.59. The second kappa shape index (κ2) is 2.74. The molecule has 0 saturated heterocycles. The molecule has 0 radical (unpaired) electrons. The van der Waals surface area contributed by atoms with Crippen LogP contribution in [0.1, 0.15) is 11.8 Å². The first-order valence-electron chi connectivity index (χ1n) is 3.71. The molecule has 2 aromatic rings. The van der Waals surface area contributed by atoms with Crippen molar-refractivity contribution in [3.63, 3.8) is 0 Å². The van der Waals surface area contributed by atoms with Crippen molar-refractivity contribution in [2.24, 2.45) is 0 Å². The van der Waals surface area contributed by atoms with Crippen molar-refractivity contribution in [3.8, 4) is 0 Å². The van der Waals surface area contributed by atoms with Crippen LogP contribution in [0, 0.1) is 0 Å². The van der Waals surface area contributed by atoms with Crippen LogP contribution in [0.3, 0.4) is 0 Å². The highest BCUT2D eigenvalue weighted by Gasteiger charge is 1.97. The van der Waals surface area contributed by atoms with E-state index in [1.807, 2.05) is 24.3 Å². The molecule has 2 heteroatoms. The highest BCUT2D eigenvalue weighted by Crippen LogP contribution is 2.13. The number of aromatic nitrogens is 1. The Morgan fingerprint density at radius 3 is 3.00 bits per heavy atom. The van der Waals surface area contributed by atoms with Gasteiger partial charge in [0.05, 0.1) is 5.52 Å². The molecule has 1 aromatic heterocycles. The predicted octanol–water partition coefficient (Wildman–Crippen LogP) is 2.16. The van der Waals surface area contributed by atoms with Crippen LogP contribution in [0.25, 0.3) is 10.9 Å². The molecule has 0 aliphatic heterocycles. The number of aldehydes is 1. The molecule has 0 atom stereocenters. The fraction of sp³-hybridized carbons (Fsp3) is 0. The maximum absolute atomic E-state index is 10.6. The van der Waals surface area contributed by atoms with Gasteiger partial charge in [0.2, 0.25) is 0 Å². The van der Waals surface area contributed by atoms with Gasteiger partial charge in [-0.25, -0.2) is 0 Å². The maximum Gasteiger partial charge on any atom is 1.00 e. The number of hydrogen-bond acceptors (Lipinski definition) is 2. The summed E-state index contributed by atoms with van der Waals surface area (Å²) in [4.78, 5) is 14.7. The monoisotopic (exact) mass is 158 g/mol. The van der Waals surface area contributed by atoms with Crippen molar-refractivity contribution in [2.75, 3.05) is 0 Å². The molecule has 0 N–H and O–H groups in total. The summed E-state index contributed by atoms with van der Waals surface area (Å²) >= 11 is 0. The molecule has 1 aromatic carbocycles. The molecule has 2 rings (SSSR count). The quantitative estimate of drug-likeness (QED) is 0.595. The Balaban J connectivity index is 0.000000845. The minimum atomic E-state index is 0. The Morgan fingerprint density at radius 2 is 2.17 bits per heavy atom. The maximum atomic E-state index is 10.6. The summed E-state index contributed by atoms with van der Waals surface area (Å²) in [7, 11) is 0. The van der Waals surface area contributed by atoms with Crippen LogP contribution in [-0.4, -0.2) is 11.3 Å². The van der Waals surface area contributed by atoms with Crippen LogP contribution in [0.2, 0.25) is 0 Å². The van der Waals surface area contributed by atoms with Crippen LogP contribution in [0.15, 0.2) is 36.5 Å². The van der Waals surface area contributed by atoms with Crippen LogP contribution in [0.5, 0.6) is 0 Å². The summed E-state index contributed by atoms with van der Waals surface area (Å²) in [6, 6.07) is 9.24. The largest absolute Gasteiger partial charge is 1.00 e. The van der Waals surface area contributed by atoms with Gasteiger partial charge in [-0.05, 0) is 12.1 Å². The van der Waals surface area contributed by atoms with E-state index in [2.05, 4.69) is 4.98 Å². The van der Waals surface area contributed by atoms with Crippen LogP contribution < -0.4 is 0 Å².